The Morgan fingerprint density at radius 2 is 2.13 bits per heavy atom. The van der Waals surface area contributed by atoms with E-state index in [1.165, 1.54) is 13.0 Å². The third-order valence-electron chi connectivity index (χ3n) is 1.37. The Morgan fingerprint density at radius 3 is 2.53 bits per heavy atom. The number of hydrogen-bond acceptors (Lipinski definition) is 2. The van der Waals surface area contributed by atoms with Crippen molar-refractivity contribution in [2.75, 3.05) is 6.61 Å². The van der Waals surface area contributed by atoms with Crippen LogP contribution in [0.5, 0.6) is 0 Å². The van der Waals surface area contributed by atoms with Gasteiger partial charge in [0.1, 0.15) is 0 Å². The van der Waals surface area contributed by atoms with Gasteiger partial charge in [0.25, 0.3) is 0 Å². The molecule has 0 aromatic carbocycles. The van der Waals surface area contributed by atoms with E-state index in [4.69, 9.17) is 4.89 Å². The van der Waals surface area contributed by atoms with Crippen LogP contribution in [-0.2, 0) is 9.09 Å². The number of allylic oxidation sites excluding steroid dienone is 1. The minimum Gasteiger partial charge on any atom is -0.320 e. The van der Waals surface area contributed by atoms with Crippen LogP contribution in [0, 0.1) is 5.92 Å². The van der Waals surface area contributed by atoms with E-state index < -0.39 is 13.3 Å². The Bertz CT molecular complexity index is 306. The summed E-state index contributed by atoms with van der Waals surface area (Å²) in [7, 11) is -4.93. The first-order valence-corrected chi connectivity index (χ1v) is 6.09. The lowest BCUT2D eigenvalue weighted by Crippen LogP contribution is -2.14. The van der Waals surface area contributed by atoms with Crippen molar-refractivity contribution in [1.82, 2.24) is 0 Å². The Balaban J connectivity index is 4.83. The van der Waals surface area contributed by atoms with Gasteiger partial charge < -0.3 is 9.42 Å². The fourth-order valence-corrected chi connectivity index (χ4v) is 1.44. The van der Waals surface area contributed by atoms with Gasteiger partial charge in [-0.05, 0) is 18.9 Å². The molecule has 0 aliphatic carbocycles. The van der Waals surface area contributed by atoms with Crippen LogP contribution in [0.4, 0.5) is 8.78 Å². The van der Waals surface area contributed by atoms with E-state index in [9.17, 15) is 13.3 Å². The van der Waals surface area contributed by atoms with Crippen LogP contribution < -0.4 is 0 Å². The standard InChI is InChI=1S/C9H15F2O3P/c1-4-14-15(12,13)9(10,11)7-5-6-8(2)3/h6-8H,4H2,1-3H3,(H,12,13). The third-order valence-corrected chi connectivity index (χ3v) is 2.86. The van der Waals surface area contributed by atoms with Gasteiger partial charge in [-0.25, -0.2) is 0 Å². The number of rotatable bonds is 5. The largest absolute Gasteiger partial charge is 0.401 e. The second-order valence-corrected chi connectivity index (χ2v) is 5.14. The average Bonchev–Trinajstić information content (AvgIpc) is 2.02. The minimum atomic E-state index is -4.93. The second-order valence-electron chi connectivity index (χ2n) is 3.25. The van der Waals surface area contributed by atoms with Crippen LogP contribution in [0.25, 0.3) is 0 Å². The molecule has 1 unspecified atom stereocenters. The highest BCUT2D eigenvalue weighted by molar-refractivity contribution is 7.54. The van der Waals surface area contributed by atoms with Crippen LogP contribution >= 0.6 is 7.60 Å². The normalized spacial score (nSPS) is 15.7. The monoisotopic (exact) mass is 240 g/mol. The maximum absolute atomic E-state index is 13.1. The molecular formula is C9H15F2O3P. The number of alkyl halides is 2. The van der Waals surface area contributed by atoms with Gasteiger partial charge in [0.15, 0.2) is 0 Å². The molecule has 1 N–H and O–H groups in total. The lowest BCUT2D eigenvalue weighted by atomic mass is 10.2. The summed E-state index contributed by atoms with van der Waals surface area (Å²) in [6, 6.07) is 0. The SMILES string of the molecule is CCOP(=O)(O)C(F)(F)C=C=CC(C)C. The van der Waals surface area contributed by atoms with Gasteiger partial charge >= 0.3 is 13.3 Å². The zero-order valence-corrected chi connectivity index (χ0v) is 9.80. The summed E-state index contributed by atoms with van der Waals surface area (Å²) in [6.07, 6.45) is 1.64. The van der Waals surface area contributed by atoms with Crippen molar-refractivity contribution >= 4 is 7.60 Å². The van der Waals surface area contributed by atoms with Crippen LogP contribution in [0.15, 0.2) is 17.9 Å². The lowest BCUT2D eigenvalue weighted by Gasteiger charge is -2.17. The topological polar surface area (TPSA) is 46.5 Å². The summed E-state index contributed by atoms with van der Waals surface area (Å²) in [4.78, 5) is 8.91. The average molecular weight is 240 g/mol. The van der Waals surface area contributed by atoms with Crippen molar-refractivity contribution in [3.8, 4) is 0 Å². The fraction of sp³-hybridized carbons (Fsp3) is 0.667. The predicted octanol–water partition coefficient (Wildman–Crippen LogP) is 3.17. The van der Waals surface area contributed by atoms with E-state index >= 15 is 0 Å². The molecule has 15 heavy (non-hydrogen) atoms. The van der Waals surface area contributed by atoms with E-state index in [1.807, 2.05) is 0 Å². The van der Waals surface area contributed by atoms with E-state index in [-0.39, 0.29) is 18.6 Å². The van der Waals surface area contributed by atoms with E-state index in [2.05, 4.69) is 10.3 Å². The molecule has 0 aliphatic rings. The smallest absolute Gasteiger partial charge is 0.320 e. The summed E-state index contributed by atoms with van der Waals surface area (Å²) >= 11 is 0. The van der Waals surface area contributed by atoms with Gasteiger partial charge in [-0.3, -0.25) is 4.57 Å². The molecule has 1 atom stereocenters. The van der Waals surface area contributed by atoms with Crippen molar-refractivity contribution in [2.45, 2.75) is 26.4 Å². The molecule has 0 fully saturated rings. The molecule has 6 heteroatoms. The number of hydrogen-bond donors (Lipinski definition) is 1. The van der Waals surface area contributed by atoms with E-state index in [0.29, 0.717) is 0 Å². The van der Waals surface area contributed by atoms with Gasteiger partial charge in [-0.2, -0.15) is 8.78 Å². The first-order valence-electron chi connectivity index (χ1n) is 4.52. The molecule has 0 saturated heterocycles. The highest BCUT2D eigenvalue weighted by Crippen LogP contribution is 2.57. The zero-order valence-electron chi connectivity index (χ0n) is 8.91. The Hall–Kier alpha value is -0.470. The van der Waals surface area contributed by atoms with E-state index in [0.717, 1.165) is 0 Å². The molecule has 0 saturated carbocycles. The van der Waals surface area contributed by atoms with Gasteiger partial charge in [-0.15, -0.1) is 5.73 Å². The summed E-state index contributed by atoms with van der Waals surface area (Å²) in [6.45, 7) is 4.68. The van der Waals surface area contributed by atoms with Gasteiger partial charge in [0, 0.05) is 6.08 Å². The quantitative estimate of drug-likeness (QED) is 0.593. The molecule has 0 aromatic rings. The van der Waals surface area contributed by atoms with Gasteiger partial charge in [-0.1, -0.05) is 13.8 Å². The molecule has 0 rings (SSSR count). The molecule has 0 heterocycles. The second kappa shape index (κ2) is 5.57. The summed E-state index contributed by atoms with van der Waals surface area (Å²) in [5.41, 5.74) is -1.72. The summed E-state index contributed by atoms with van der Waals surface area (Å²) < 4.78 is 41.3. The lowest BCUT2D eigenvalue weighted by molar-refractivity contribution is 0.0943. The molecule has 0 spiro atoms. The van der Waals surface area contributed by atoms with Crippen molar-refractivity contribution in [3.63, 3.8) is 0 Å². The van der Waals surface area contributed by atoms with Crippen LogP contribution in [0.3, 0.4) is 0 Å². The van der Waals surface area contributed by atoms with Crippen LogP contribution in [0.2, 0.25) is 0 Å². The summed E-state index contributed by atoms with van der Waals surface area (Å²) in [5, 5.41) is 0. The fourth-order valence-electron chi connectivity index (χ4n) is 0.683. The predicted molar refractivity (Wildman–Crippen MR) is 53.9 cm³/mol. The van der Waals surface area contributed by atoms with Crippen LogP contribution in [-0.4, -0.2) is 17.2 Å². The van der Waals surface area contributed by atoms with Gasteiger partial charge in [0.2, 0.25) is 0 Å². The highest BCUT2D eigenvalue weighted by Gasteiger charge is 2.48. The van der Waals surface area contributed by atoms with Crippen molar-refractivity contribution in [3.05, 3.63) is 17.9 Å². The zero-order chi connectivity index (χ0) is 12.1. The molecule has 0 aliphatic heterocycles. The van der Waals surface area contributed by atoms with E-state index in [1.54, 1.807) is 13.8 Å². The maximum Gasteiger partial charge on any atom is 0.401 e. The molecule has 0 radical (unpaired) electrons. The molecule has 88 valence electrons. The van der Waals surface area contributed by atoms with Crippen molar-refractivity contribution < 1.29 is 22.8 Å². The molecule has 0 aromatic heterocycles. The Labute approximate surface area is 88.0 Å². The molecule has 0 amide bonds. The maximum atomic E-state index is 13.1. The summed E-state index contributed by atoms with van der Waals surface area (Å²) in [5.74, 6) is 0.0437. The van der Waals surface area contributed by atoms with Crippen LogP contribution in [0.1, 0.15) is 20.8 Å². The van der Waals surface area contributed by atoms with Crippen molar-refractivity contribution in [2.24, 2.45) is 5.92 Å². The first kappa shape index (κ1) is 14.5. The molecule has 0 bridgehead atoms. The van der Waals surface area contributed by atoms with Crippen molar-refractivity contribution in [1.29, 1.82) is 0 Å². The first-order chi connectivity index (χ1) is 6.73. The number of halogens is 2. The molecular weight excluding hydrogens is 225 g/mol. The Kier molecular flexibility index (Phi) is 5.39. The molecule has 3 nitrogen and oxygen atoms in total. The minimum absolute atomic E-state index is 0.0437. The Morgan fingerprint density at radius 1 is 1.60 bits per heavy atom. The van der Waals surface area contributed by atoms with Gasteiger partial charge in [0.05, 0.1) is 6.61 Å². The highest BCUT2D eigenvalue weighted by atomic mass is 31.2. The third kappa shape index (κ3) is 4.72.